The largest absolute Gasteiger partial charge is 0.296 e. The highest BCUT2D eigenvalue weighted by Crippen LogP contribution is 2.25. The Labute approximate surface area is 149 Å². The van der Waals surface area contributed by atoms with Crippen LogP contribution in [0, 0.1) is 0 Å². The van der Waals surface area contributed by atoms with Gasteiger partial charge in [0.05, 0.1) is 0 Å². The van der Waals surface area contributed by atoms with E-state index in [4.69, 9.17) is 0 Å². The molecule has 0 aliphatic heterocycles. The van der Waals surface area contributed by atoms with E-state index < -0.39 is 0 Å². The maximum absolute atomic E-state index is 12.6. The van der Waals surface area contributed by atoms with Crippen LogP contribution in [-0.4, -0.2) is 21.9 Å². The molecule has 0 bridgehead atoms. The Morgan fingerprint density at radius 1 is 1.08 bits per heavy atom. The van der Waals surface area contributed by atoms with Gasteiger partial charge in [-0.2, -0.15) is 0 Å². The molecule has 122 valence electrons. The Bertz CT molecular complexity index is 818. The predicted octanol–water partition coefficient (Wildman–Crippen LogP) is 4.49. The molecule has 0 saturated heterocycles. The van der Waals surface area contributed by atoms with E-state index in [1.54, 1.807) is 11.8 Å². The quantitative estimate of drug-likeness (QED) is 0.523. The molecule has 0 aliphatic rings. The second-order valence-electron chi connectivity index (χ2n) is 5.08. The van der Waals surface area contributed by atoms with E-state index in [-0.39, 0.29) is 5.91 Å². The van der Waals surface area contributed by atoms with E-state index >= 15 is 0 Å². The summed E-state index contributed by atoms with van der Waals surface area (Å²) in [6, 6.07) is 17.8. The third-order valence-corrected chi connectivity index (χ3v) is 5.25. The number of thioether (sulfide) groups is 1. The number of benzene rings is 2. The van der Waals surface area contributed by atoms with Crippen LogP contribution >= 0.6 is 23.1 Å². The maximum Gasteiger partial charge on any atom is 0.257 e. The first kappa shape index (κ1) is 16.7. The monoisotopic (exact) mass is 355 g/mol. The smallest absolute Gasteiger partial charge is 0.257 e. The molecule has 1 amide bonds. The molecule has 0 fully saturated rings. The van der Waals surface area contributed by atoms with E-state index in [0.29, 0.717) is 10.7 Å². The van der Waals surface area contributed by atoms with Crippen molar-refractivity contribution in [2.45, 2.75) is 17.7 Å². The number of amides is 1. The van der Waals surface area contributed by atoms with E-state index in [1.165, 1.54) is 16.9 Å². The molecule has 3 rings (SSSR count). The molecule has 0 saturated carbocycles. The normalized spacial score (nSPS) is 10.5. The van der Waals surface area contributed by atoms with Gasteiger partial charge in [-0.1, -0.05) is 78.6 Å². The van der Waals surface area contributed by atoms with Crippen molar-refractivity contribution in [1.29, 1.82) is 0 Å². The van der Waals surface area contributed by atoms with Gasteiger partial charge in [-0.15, -0.1) is 10.2 Å². The standard InChI is InChI=1S/C18H17N3OS2/c1-2-23-18-21-20-17(24-18)19-16(22)15-11-7-6-10-14(15)12-13-8-4-3-5-9-13/h3-11H,2,12H2,1H3,(H,19,20,22). The summed E-state index contributed by atoms with van der Waals surface area (Å²) in [6.07, 6.45) is 0.720. The number of hydrogen-bond donors (Lipinski definition) is 1. The SMILES string of the molecule is CCSc1nnc(NC(=O)c2ccccc2Cc2ccccc2)s1. The molecule has 4 nitrogen and oxygen atoms in total. The van der Waals surface area contributed by atoms with Crippen molar-refractivity contribution in [3.8, 4) is 0 Å². The summed E-state index contributed by atoms with van der Waals surface area (Å²) in [4.78, 5) is 12.6. The van der Waals surface area contributed by atoms with Crippen LogP contribution < -0.4 is 5.32 Å². The fourth-order valence-corrected chi connectivity index (χ4v) is 3.96. The van der Waals surface area contributed by atoms with Gasteiger partial charge in [0.25, 0.3) is 5.91 Å². The molecule has 0 aliphatic carbocycles. The highest BCUT2D eigenvalue weighted by Gasteiger charge is 2.14. The van der Waals surface area contributed by atoms with Crippen LogP contribution in [0.25, 0.3) is 0 Å². The summed E-state index contributed by atoms with van der Waals surface area (Å²) in [5.41, 5.74) is 2.84. The van der Waals surface area contributed by atoms with Crippen LogP contribution in [0.2, 0.25) is 0 Å². The van der Waals surface area contributed by atoms with Crippen LogP contribution in [0.3, 0.4) is 0 Å². The van der Waals surface area contributed by atoms with Crippen LogP contribution in [0.1, 0.15) is 28.4 Å². The summed E-state index contributed by atoms with van der Waals surface area (Å²) in [5.74, 6) is 0.786. The Morgan fingerprint density at radius 3 is 2.62 bits per heavy atom. The van der Waals surface area contributed by atoms with Crippen molar-refractivity contribution in [1.82, 2.24) is 10.2 Å². The lowest BCUT2D eigenvalue weighted by Crippen LogP contribution is -2.14. The number of anilines is 1. The van der Waals surface area contributed by atoms with Crippen LogP contribution in [0.4, 0.5) is 5.13 Å². The minimum atomic E-state index is -0.147. The van der Waals surface area contributed by atoms with Crippen molar-refractivity contribution < 1.29 is 4.79 Å². The van der Waals surface area contributed by atoms with Crippen molar-refractivity contribution in [2.75, 3.05) is 11.1 Å². The molecule has 1 N–H and O–H groups in total. The number of nitrogens with one attached hydrogen (secondary N) is 1. The molecular weight excluding hydrogens is 338 g/mol. The number of carbonyl (C=O) groups excluding carboxylic acids is 1. The van der Waals surface area contributed by atoms with Gasteiger partial charge in [0.15, 0.2) is 4.34 Å². The molecule has 2 aromatic carbocycles. The topological polar surface area (TPSA) is 54.9 Å². The molecule has 0 spiro atoms. The van der Waals surface area contributed by atoms with Gasteiger partial charge in [-0.05, 0) is 29.4 Å². The Balaban J connectivity index is 1.77. The van der Waals surface area contributed by atoms with Gasteiger partial charge in [0.2, 0.25) is 5.13 Å². The zero-order valence-electron chi connectivity index (χ0n) is 13.2. The summed E-state index contributed by atoms with van der Waals surface area (Å²) in [6.45, 7) is 2.06. The highest BCUT2D eigenvalue weighted by atomic mass is 32.2. The molecule has 1 aromatic heterocycles. The van der Waals surface area contributed by atoms with Crippen LogP contribution in [0.5, 0.6) is 0 Å². The number of aromatic nitrogens is 2. The third-order valence-electron chi connectivity index (χ3n) is 3.39. The van der Waals surface area contributed by atoms with E-state index in [2.05, 4.69) is 34.6 Å². The highest BCUT2D eigenvalue weighted by molar-refractivity contribution is 8.01. The average Bonchev–Trinajstić information content (AvgIpc) is 3.03. The molecule has 0 radical (unpaired) electrons. The van der Waals surface area contributed by atoms with E-state index in [0.717, 1.165) is 22.1 Å². The van der Waals surface area contributed by atoms with Gasteiger partial charge in [-0.3, -0.25) is 10.1 Å². The van der Waals surface area contributed by atoms with Crippen molar-refractivity contribution >= 4 is 34.1 Å². The lowest BCUT2D eigenvalue weighted by molar-refractivity contribution is 0.102. The summed E-state index contributed by atoms with van der Waals surface area (Å²) in [5, 5.41) is 11.5. The molecular formula is C18H17N3OS2. The van der Waals surface area contributed by atoms with Crippen molar-refractivity contribution in [3.63, 3.8) is 0 Å². The Morgan fingerprint density at radius 2 is 1.83 bits per heavy atom. The molecule has 6 heteroatoms. The second-order valence-corrected chi connectivity index (χ2v) is 7.57. The van der Waals surface area contributed by atoms with Gasteiger partial charge >= 0.3 is 0 Å². The lowest BCUT2D eigenvalue weighted by Gasteiger charge is -2.09. The van der Waals surface area contributed by atoms with Crippen molar-refractivity contribution in [3.05, 3.63) is 71.3 Å². The van der Waals surface area contributed by atoms with Gasteiger partial charge < -0.3 is 0 Å². The molecule has 3 aromatic rings. The first-order chi connectivity index (χ1) is 11.8. The minimum Gasteiger partial charge on any atom is -0.296 e. The number of rotatable bonds is 6. The first-order valence-electron chi connectivity index (χ1n) is 7.65. The summed E-state index contributed by atoms with van der Waals surface area (Å²) in [7, 11) is 0. The average molecular weight is 355 g/mol. The number of hydrogen-bond acceptors (Lipinski definition) is 5. The van der Waals surface area contributed by atoms with Gasteiger partial charge in [-0.25, -0.2) is 0 Å². The van der Waals surface area contributed by atoms with E-state index in [1.807, 2.05) is 42.5 Å². The number of nitrogens with zero attached hydrogens (tertiary/aromatic N) is 2. The summed E-state index contributed by atoms with van der Waals surface area (Å²) >= 11 is 3.02. The predicted molar refractivity (Wildman–Crippen MR) is 100.0 cm³/mol. The van der Waals surface area contributed by atoms with Gasteiger partial charge in [0, 0.05) is 5.56 Å². The van der Waals surface area contributed by atoms with Crippen molar-refractivity contribution in [2.24, 2.45) is 0 Å². The second kappa shape index (κ2) is 8.08. The fourth-order valence-electron chi connectivity index (χ4n) is 2.32. The first-order valence-corrected chi connectivity index (χ1v) is 9.46. The maximum atomic E-state index is 12.6. The molecule has 24 heavy (non-hydrogen) atoms. The molecule has 0 atom stereocenters. The zero-order valence-corrected chi connectivity index (χ0v) is 14.9. The Kier molecular flexibility index (Phi) is 5.61. The van der Waals surface area contributed by atoms with Crippen LogP contribution in [-0.2, 0) is 6.42 Å². The lowest BCUT2D eigenvalue weighted by atomic mass is 9.99. The minimum absolute atomic E-state index is 0.147. The number of carbonyl (C=O) groups is 1. The molecule has 0 unspecified atom stereocenters. The third kappa shape index (κ3) is 4.21. The van der Waals surface area contributed by atoms with Gasteiger partial charge in [0.1, 0.15) is 0 Å². The van der Waals surface area contributed by atoms with E-state index in [9.17, 15) is 4.79 Å². The van der Waals surface area contributed by atoms with Crippen LogP contribution in [0.15, 0.2) is 58.9 Å². The Hall–Kier alpha value is -2.18. The zero-order chi connectivity index (χ0) is 16.8. The summed E-state index contributed by atoms with van der Waals surface area (Å²) < 4.78 is 0.866. The molecule has 1 heterocycles. The fraction of sp³-hybridized carbons (Fsp3) is 0.167.